The fourth-order valence-electron chi connectivity index (χ4n) is 2.07. The topological polar surface area (TPSA) is 47.7 Å². The number of methoxy groups -OCH3 is 1. The van der Waals surface area contributed by atoms with E-state index in [1.165, 1.54) is 0 Å². The highest BCUT2D eigenvalue weighted by Crippen LogP contribution is 2.20. The number of hydrogen-bond donors (Lipinski definition) is 1. The Hall–Kier alpha value is -2.36. The minimum absolute atomic E-state index is 0.664. The second-order valence-electron chi connectivity index (χ2n) is 4.90. The van der Waals surface area contributed by atoms with Crippen LogP contribution in [0.5, 0.6) is 11.5 Å². The van der Waals surface area contributed by atoms with Crippen molar-refractivity contribution in [2.75, 3.05) is 37.9 Å². The van der Waals surface area contributed by atoms with Crippen LogP contribution < -0.4 is 20.1 Å². The predicted molar refractivity (Wildman–Crippen MR) is 87.2 cm³/mol. The van der Waals surface area contributed by atoms with Crippen LogP contribution in [0.3, 0.4) is 0 Å². The molecule has 0 aliphatic rings. The maximum absolute atomic E-state index is 5.71. The zero-order chi connectivity index (χ0) is 15.1. The molecule has 2 aromatic carbocycles. The molecule has 0 saturated heterocycles. The molecule has 0 fully saturated rings. The summed E-state index contributed by atoms with van der Waals surface area (Å²) in [5.74, 6) is 1.69. The summed E-state index contributed by atoms with van der Waals surface area (Å²) in [6.07, 6.45) is 0.933. The highest BCUT2D eigenvalue weighted by atomic mass is 16.5. The molecule has 0 unspecified atom stereocenters. The first kappa shape index (κ1) is 15.0. The van der Waals surface area contributed by atoms with E-state index in [-0.39, 0.29) is 0 Å². The fraction of sp³-hybridized carbons (Fsp3) is 0.294. The van der Waals surface area contributed by atoms with Gasteiger partial charge >= 0.3 is 0 Å². The van der Waals surface area contributed by atoms with Crippen LogP contribution in [0.2, 0.25) is 0 Å². The quantitative estimate of drug-likeness (QED) is 0.627. The Labute approximate surface area is 126 Å². The molecule has 2 aromatic rings. The molecule has 0 spiro atoms. The average Bonchev–Trinajstić information content (AvgIpc) is 2.51. The third-order valence-electron chi connectivity index (χ3n) is 3.26. The molecular formula is C17H22N2O2. The van der Waals surface area contributed by atoms with Crippen molar-refractivity contribution in [2.24, 2.45) is 0 Å². The Morgan fingerprint density at radius 1 is 1.05 bits per heavy atom. The van der Waals surface area contributed by atoms with Crippen molar-refractivity contribution in [3.05, 3.63) is 48.5 Å². The number of anilines is 2. The molecule has 0 aliphatic carbocycles. The van der Waals surface area contributed by atoms with Crippen molar-refractivity contribution in [1.82, 2.24) is 0 Å². The molecule has 0 bridgehead atoms. The summed E-state index contributed by atoms with van der Waals surface area (Å²) in [7, 11) is 3.74. The summed E-state index contributed by atoms with van der Waals surface area (Å²) < 4.78 is 10.9. The van der Waals surface area contributed by atoms with E-state index in [1.54, 1.807) is 7.11 Å². The smallest absolute Gasteiger partial charge is 0.121 e. The van der Waals surface area contributed by atoms with Gasteiger partial charge in [-0.2, -0.15) is 0 Å². The van der Waals surface area contributed by atoms with Gasteiger partial charge in [0.25, 0.3) is 0 Å². The molecule has 2 N–H and O–H groups in total. The van der Waals surface area contributed by atoms with E-state index in [0.29, 0.717) is 6.61 Å². The van der Waals surface area contributed by atoms with Crippen LogP contribution in [0.15, 0.2) is 48.5 Å². The normalized spacial score (nSPS) is 10.2. The van der Waals surface area contributed by atoms with Gasteiger partial charge in [-0.3, -0.25) is 0 Å². The number of ether oxygens (including phenoxy) is 2. The summed E-state index contributed by atoms with van der Waals surface area (Å²) in [5, 5.41) is 0. The first-order valence-electron chi connectivity index (χ1n) is 7.02. The lowest BCUT2D eigenvalue weighted by atomic mass is 10.2. The maximum Gasteiger partial charge on any atom is 0.121 e. The molecule has 0 atom stereocenters. The molecule has 2 rings (SSSR count). The zero-order valence-electron chi connectivity index (χ0n) is 12.6. The van der Waals surface area contributed by atoms with Gasteiger partial charge in [-0.15, -0.1) is 0 Å². The van der Waals surface area contributed by atoms with E-state index in [2.05, 4.69) is 18.0 Å². The highest BCUT2D eigenvalue weighted by molar-refractivity contribution is 5.50. The number of rotatable bonds is 7. The van der Waals surface area contributed by atoms with Crippen LogP contribution in [0.1, 0.15) is 6.42 Å². The van der Waals surface area contributed by atoms with Crippen LogP contribution >= 0.6 is 0 Å². The van der Waals surface area contributed by atoms with Gasteiger partial charge < -0.3 is 20.1 Å². The molecule has 0 aromatic heterocycles. The van der Waals surface area contributed by atoms with Gasteiger partial charge in [-0.05, 0) is 30.7 Å². The summed E-state index contributed by atoms with van der Waals surface area (Å²) in [6, 6.07) is 15.5. The van der Waals surface area contributed by atoms with Crippen molar-refractivity contribution in [3.8, 4) is 11.5 Å². The molecule has 21 heavy (non-hydrogen) atoms. The number of nitrogens with two attached hydrogens (primary N) is 1. The minimum atomic E-state index is 0.664. The predicted octanol–water partition coefficient (Wildman–Crippen LogP) is 3.18. The van der Waals surface area contributed by atoms with Crippen molar-refractivity contribution >= 4 is 11.4 Å². The molecule has 0 amide bonds. The second kappa shape index (κ2) is 7.43. The lowest BCUT2D eigenvalue weighted by molar-refractivity contribution is 0.312. The summed E-state index contributed by atoms with van der Waals surface area (Å²) in [4.78, 5) is 2.19. The van der Waals surface area contributed by atoms with Crippen molar-refractivity contribution in [2.45, 2.75) is 6.42 Å². The second-order valence-corrected chi connectivity index (χ2v) is 4.90. The van der Waals surface area contributed by atoms with Crippen LogP contribution in [-0.4, -0.2) is 27.3 Å². The zero-order valence-corrected chi connectivity index (χ0v) is 12.6. The maximum atomic E-state index is 5.71. The Balaban J connectivity index is 1.77. The largest absolute Gasteiger partial charge is 0.497 e. The third kappa shape index (κ3) is 4.60. The van der Waals surface area contributed by atoms with Gasteiger partial charge in [0.15, 0.2) is 0 Å². The van der Waals surface area contributed by atoms with Crippen molar-refractivity contribution in [3.63, 3.8) is 0 Å². The van der Waals surface area contributed by atoms with Gasteiger partial charge in [0, 0.05) is 37.1 Å². The number of hydrogen-bond acceptors (Lipinski definition) is 4. The average molecular weight is 286 g/mol. The van der Waals surface area contributed by atoms with E-state index in [9.17, 15) is 0 Å². The van der Waals surface area contributed by atoms with Crippen LogP contribution in [-0.2, 0) is 0 Å². The van der Waals surface area contributed by atoms with Gasteiger partial charge in [-0.1, -0.05) is 12.1 Å². The van der Waals surface area contributed by atoms with E-state index in [4.69, 9.17) is 15.2 Å². The molecule has 0 saturated carbocycles. The molecular weight excluding hydrogens is 264 g/mol. The van der Waals surface area contributed by atoms with Gasteiger partial charge in [0.05, 0.1) is 13.7 Å². The lowest BCUT2D eigenvalue weighted by Crippen LogP contribution is -2.20. The molecule has 112 valence electrons. The Morgan fingerprint density at radius 2 is 1.81 bits per heavy atom. The molecule has 4 heteroatoms. The van der Waals surface area contributed by atoms with Crippen LogP contribution in [0.4, 0.5) is 11.4 Å². The lowest BCUT2D eigenvalue weighted by Gasteiger charge is -2.20. The highest BCUT2D eigenvalue weighted by Gasteiger charge is 2.02. The number of nitrogens with zero attached hydrogens (tertiary/aromatic N) is 1. The third-order valence-corrected chi connectivity index (χ3v) is 3.26. The molecule has 0 heterocycles. The Kier molecular flexibility index (Phi) is 5.32. The summed E-state index contributed by atoms with van der Waals surface area (Å²) >= 11 is 0. The van der Waals surface area contributed by atoms with Crippen molar-refractivity contribution in [1.29, 1.82) is 0 Å². The van der Waals surface area contributed by atoms with Gasteiger partial charge in [-0.25, -0.2) is 0 Å². The van der Waals surface area contributed by atoms with E-state index in [1.807, 2.05) is 42.5 Å². The van der Waals surface area contributed by atoms with Gasteiger partial charge in [0.2, 0.25) is 0 Å². The van der Waals surface area contributed by atoms with Crippen molar-refractivity contribution < 1.29 is 9.47 Å². The first-order chi connectivity index (χ1) is 10.2. The Morgan fingerprint density at radius 3 is 2.57 bits per heavy atom. The Bertz CT molecular complexity index is 572. The summed E-state index contributed by atoms with van der Waals surface area (Å²) in [6.45, 7) is 1.58. The number of nitrogen functional groups attached to an aromatic ring is 1. The summed E-state index contributed by atoms with van der Waals surface area (Å²) in [5.41, 5.74) is 7.57. The van der Waals surface area contributed by atoms with E-state index in [0.717, 1.165) is 35.8 Å². The number of benzene rings is 2. The SMILES string of the molecule is COc1cccc(N(C)CCCOc2cccc(N)c2)c1. The monoisotopic (exact) mass is 286 g/mol. The molecule has 4 nitrogen and oxygen atoms in total. The van der Waals surface area contributed by atoms with Crippen LogP contribution in [0.25, 0.3) is 0 Å². The molecule has 0 aliphatic heterocycles. The van der Waals surface area contributed by atoms with E-state index < -0.39 is 0 Å². The van der Waals surface area contributed by atoms with Gasteiger partial charge in [0.1, 0.15) is 11.5 Å². The van der Waals surface area contributed by atoms with Crippen LogP contribution in [0, 0.1) is 0 Å². The van der Waals surface area contributed by atoms with E-state index >= 15 is 0 Å². The minimum Gasteiger partial charge on any atom is -0.497 e. The standard InChI is InChI=1S/C17H22N2O2/c1-19(15-7-4-8-16(13-15)20-2)10-5-11-21-17-9-3-6-14(18)12-17/h3-4,6-9,12-13H,5,10-11,18H2,1-2H3. The first-order valence-corrected chi connectivity index (χ1v) is 7.02. The molecule has 0 radical (unpaired) electrons. The fourth-order valence-corrected chi connectivity index (χ4v) is 2.07.